The van der Waals surface area contributed by atoms with Crippen molar-refractivity contribution in [2.75, 3.05) is 6.79 Å². The first-order valence-electron chi connectivity index (χ1n) is 4.98. The third kappa shape index (κ3) is 4.60. The Morgan fingerprint density at radius 2 is 2.17 bits per heavy atom. The van der Waals surface area contributed by atoms with E-state index in [9.17, 15) is 14.4 Å². The van der Waals surface area contributed by atoms with Gasteiger partial charge in [-0.2, -0.15) is 4.57 Å². The van der Waals surface area contributed by atoms with E-state index in [0.717, 1.165) is 0 Å². The molecule has 0 radical (unpaired) electrons. The van der Waals surface area contributed by atoms with Crippen LogP contribution in [0.2, 0.25) is 0 Å². The Balaban J connectivity index is 2.56. The third-order valence-electron chi connectivity index (χ3n) is 1.84. The molecule has 0 spiro atoms. The molecule has 1 aromatic heterocycles. The molecule has 0 bridgehead atoms. The number of ether oxygens (including phenoxy) is 3. The van der Waals surface area contributed by atoms with Crippen LogP contribution in [0, 0.1) is 0 Å². The normalized spacial score (nSPS) is 9.39. The second-order valence-corrected chi connectivity index (χ2v) is 3.18. The highest BCUT2D eigenvalue weighted by Gasteiger charge is 2.12. The van der Waals surface area contributed by atoms with Crippen molar-refractivity contribution in [1.82, 2.24) is 0 Å². The maximum absolute atomic E-state index is 11.5. The summed E-state index contributed by atoms with van der Waals surface area (Å²) in [5, 5.41) is 0. The van der Waals surface area contributed by atoms with Crippen LogP contribution in [-0.4, -0.2) is 25.2 Å². The molecular weight excluding hydrogens is 242 g/mol. The van der Waals surface area contributed by atoms with Crippen molar-refractivity contribution in [2.24, 2.45) is 0 Å². The van der Waals surface area contributed by atoms with E-state index in [0.29, 0.717) is 6.47 Å². The van der Waals surface area contributed by atoms with Crippen LogP contribution in [-0.2, 0) is 30.5 Å². The number of aromatic nitrogens is 1. The molecule has 0 aromatic carbocycles. The lowest BCUT2D eigenvalue weighted by Gasteiger charge is -2.03. The Morgan fingerprint density at radius 1 is 1.39 bits per heavy atom. The standard InChI is InChI=1S/C11H12NO6/c1-9(14)17-8-18-11(15)10-3-2-4-12(5-10)6-16-7-13/h2-5,7H,6,8H2,1H3/q+1. The largest absolute Gasteiger partial charge is 0.428 e. The quantitative estimate of drug-likeness (QED) is 0.302. The minimum Gasteiger partial charge on any atom is -0.428 e. The lowest BCUT2D eigenvalue weighted by atomic mass is 10.3. The first kappa shape index (κ1) is 13.6. The number of rotatable bonds is 6. The Labute approximate surface area is 103 Å². The number of carbonyl (C=O) groups is 3. The summed E-state index contributed by atoms with van der Waals surface area (Å²) < 4.78 is 15.2. The number of hydrogen-bond donors (Lipinski definition) is 0. The average molecular weight is 254 g/mol. The number of carbonyl (C=O) groups excluding carboxylic acids is 3. The van der Waals surface area contributed by atoms with Crippen LogP contribution in [0.4, 0.5) is 0 Å². The fraction of sp³-hybridized carbons (Fsp3) is 0.273. The number of esters is 2. The van der Waals surface area contributed by atoms with E-state index >= 15 is 0 Å². The average Bonchev–Trinajstić information content (AvgIpc) is 2.36. The van der Waals surface area contributed by atoms with Gasteiger partial charge in [-0.3, -0.25) is 9.59 Å². The lowest BCUT2D eigenvalue weighted by Crippen LogP contribution is -2.35. The SMILES string of the molecule is CC(=O)OCOC(=O)c1ccc[n+](COC=O)c1. The van der Waals surface area contributed by atoms with Crippen LogP contribution < -0.4 is 4.57 Å². The summed E-state index contributed by atoms with van der Waals surface area (Å²) in [6, 6.07) is 3.12. The van der Waals surface area contributed by atoms with Gasteiger partial charge in [-0.05, 0) is 6.07 Å². The fourth-order valence-corrected chi connectivity index (χ4v) is 1.09. The van der Waals surface area contributed by atoms with Gasteiger partial charge in [0.25, 0.3) is 13.2 Å². The first-order valence-corrected chi connectivity index (χ1v) is 4.98. The van der Waals surface area contributed by atoms with Gasteiger partial charge in [0.15, 0.2) is 12.4 Å². The van der Waals surface area contributed by atoms with Crippen molar-refractivity contribution >= 4 is 18.4 Å². The summed E-state index contributed by atoms with van der Waals surface area (Å²) in [5.41, 5.74) is 0.249. The van der Waals surface area contributed by atoms with Gasteiger partial charge in [0, 0.05) is 13.0 Å². The lowest BCUT2D eigenvalue weighted by molar-refractivity contribution is -0.727. The van der Waals surface area contributed by atoms with Crippen LogP contribution >= 0.6 is 0 Å². The summed E-state index contributed by atoms with van der Waals surface area (Å²) in [6.07, 6.45) is 3.06. The second kappa shape index (κ2) is 7.00. The summed E-state index contributed by atoms with van der Waals surface area (Å²) >= 11 is 0. The topological polar surface area (TPSA) is 82.8 Å². The molecule has 0 amide bonds. The van der Waals surface area contributed by atoms with Crippen molar-refractivity contribution in [3.63, 3.8) is 0 Å². The highest BCUT2D eigenvalue weighted by molar-refractivity contribution is 5.88. The van der Waals surface area contributed by atoms with Crippen molar-refractivity contribution in [1.29, 1.82) is 0 Å². The molecule has 7 heteroatoms. The Morgan fingerprint density at radius 3 is 2.83 bits per heavy atom. The molecule has 96 valence electrons. The first-order chi connectivity index (χ1) is 8.63. The molecule has 7 nitrogen and oxygen atoms in total. The minimum absolute atomic E-state index is 0.00539. The molecule has 0 aliphatic carbocycles. The summed E-state index contributed by atoms with van der Waals surface area (Å²) in [7, 11) is 0. The van der Waals surface area contributed by atoms with E-state index in [-0.39, 0.29) is 12.3 Å². The number of hydrogen-bond acceptors (Lipinski definition) is 6. The molecule has 1 heterocycles. The minimum atomic E-state index is -0.642. The molecule has 0 aliphatic rings. The van der Waals surface area contributed by atoms with Gasteiger partial charge >= 0.3 is 11.9 Å². The molecule has 1 rings (SSSR count). The van der Waals surface area contributed by atoms with Crippen LogP contribution in [0.5, 0.6) is 0 Å². The Hall–Kier alpha value is -2.44. The van der Waals surface area contributed by atoms with E-state index in [1.807, 2.05) is 0 Å². The number of pyridine rings is 1. The van der Waals surface area contributed by atoms with Gasteiger partial charge in [0.05, 0.1) is 0 Å². The smallest absolute Gasteiger partial charge is 0.347 e. The molecule has 1 aromatic rings. The summed E-state index contributed by atoms with van der Waals surface area (Å²) in [4.78, 5) is 32.0. The molecule has 18 heavy (non-hydrogen) atoms. The summed E-state index contributed by atoms with van der Waals surface area (Å²) in [6.45, 7) is 1.07. The number of nitrogens with zero attached hydrogens (tertiary/aromatic N) is 1. The maximum atomic E-state index is 11.5. The molecule has 0 saturated heterocycles. The van der Waals surface area contributed by atoms with Gasteiger partial charge in [0.2, 0.25) is 6.79 Å². The van der Waals surface area contributed by atoms with Gasteiger partial charge in [-0.25, -0.2) is 4.79 Å². The zero-order valence-electron chi connectivity index (χ0n) is 9.70. The Bertz CT molecular complexity index is 445. The van der Waals surface area contributed by atoms with E-state index in [2.05, 4.69) is 9.47 Å². The Kier molecular flexibility index (Phi) is 5.30. The van der Waals surface area contributed by atoms with Crippen LogP contribution in [0.15, 0.2) is 24.5 Å². The second-order valence-electron chi connectivity index (χ2n) is 3.18. The molecule has 0 fully saturated rings. The van der Waals surface area contributed by atoms with Gasteiger partial charge in [0.1, 0.15) is 5.56 Å². The molecule has 0 N–H and O–H groups in total. The van der Waals surface area contributed by atoms with E-state index in [1.165, 1.54) is 23.8 Å². The third-order valence-corrected chi connectivity index (χ3v) is 1.84. The van der Waals surface area contributed by atoms with Crippen LogP contribution in [0.25, 0.3) is 0 Å². The molecule has 0 unspecified atom stereocenters. The highest BCUT2D eigenvalue weighted by atomic mass is 16.7. The molecule has 0 saturated carbocycles. The van der Waals surface area contributed by atoms with Gasteiger partial charge in [-0.15, -0.1) is 0 Å². The molecule has 0 aliphatic heterocycles. The zero-order valence-corrected chi connectivity index (χ0v) is 9.70. The molecular formula is C11H12NO6+. The van der Waals surface area contributed by atoms with Crippen molar-refractivity contribution in [2.45, 2.75) is 13.7 Å². The van der Waals surface area contributed by atoms with Crippen LogP contribution in [0.3, 0.4) is 0 Å². The zero-order chi connectivity index (χ0) is 13.4. The van der Waals surface area contributed by atoms with Crippen LogP contribution in [0.1, 0.15) is 17.3 Å². The van der Waals surface area contributed by atoms with Gasteiger partial charge in [-0.1, -0.05) is 0 Å². The summed E-state index contributed by atoms with van der Waals surface area (Å²) in [5.74, 6) is -1.18. The van der Waals surface area contributed by atoms with Gasteiger partial charge < -0.3 is 14.2 Å². The fourth-order valence-electron chi connectivity index (χ4n) is 1.09. The van der Waals surface area contributed by atoms with Crippen molar-refractivity contribution in [3.8, 4) is 0 Å². The van der Waals surface area contributed by atoms with E-state index < -0.39 is 18.7 Å². The van der Waals surface area contributed by atoms with E-state index in [4.69, 9.17) is 4.74 Å². The monoisotopic (exact) mass is 254 g/mol. The predicted octanol–water partition coefficient (Wildman–Crippen LogP) is -0.218. The highest BCUT2D eigenvalue weighted by Crippen LogP contribution is 1.98. The van der Waals surface area contributed by atoms with E-state index in [1.54, 1.807) is 12.3 Å². The van der Waals surface area contributed by atoms with Crippen molar-refractivity contribution in [3.05, 3.63) is 30.1 Å². The molecule has 0 atom stereocenters. The van der Waals surface area contributed by atoms with Crippen molar-refractivity contribution < 1.29 is 33.2 Å². The predicted molar refractivity (Wildman–Crippen MR) is 55.8 cm³/mol. The maximum Gasteiger partial charge on any atom is 0.347 e.